The molecule has 0 saturated carbocycles. The Labute approximate surface area is 213 Å². The van der Waals surface area contributed by atoms with Crippen LogP contribution >= 0.6 is 0 Å². The monoisotopic (exact) mass is 485 g/mol. The first-order valence-electron chi connectivity index (χ1n) is 12.3. The van der Waals surface area contributed by atoms with Gasteiger partial charge in [0, 0.05) is 11.1 Å². The average molecular weight is 486 g/mol. The smallest absolute Gasteiger partial charge is 0.255 e. The van der Waals surface area contributed by atoms with E-state index in [1.165, 1.54) is 0 Å². The van der Waals surface area contributed by atoms with Crippen LogP contribution in [0, 0.1) is 0 Å². The molecule has 0 radical (unpaired) electrons. The van der Waals surface area contributed by atoms with Gasteiger partial charge in [0.15, 0.2) is 0 Å². The van der Waals surface area contributed by atoms with Gasteiger partial charge in [-0.05, 0) is 58.7 Å². The predicted molar refractivity (Wildman–Crippen MR) is 147 cm³/mol. The van der Waals surface area contributed by atoms with E-state index in [-0.39, 0.29) is 29.6 Å². The Kier molecular flexibility index (Phi) is 8.64. The molecule has 0 saturated heterocycles. The van der Waals surface area contributed by atoms with Crippen molar-refractivity contribution in [3.8, 4) is 0 Å². The highest BCUT2D eigenvalue weighted by atomic mass is 16.2. The fourth-order valence-electron chi connectivity index (χ4n) is 4.64. The Morgan fingerprint density at radius 3 is 1.25 bits per heavy atom. The average Bonchev–Trinajstić information content (AvgIpc) is 2.85. The quantitative estimate of drug-likeness (QED) is 0.282. The lowest BCUT2D eigenvalue weighted by molar-refractivity contribution is -0.105. The summed E-state index contributed by atoms with van der Waals surface area (Å²) in [7, 11) is 0. The molecule has 0 bridgehead atoms. The lowest BCUT2D eigenvalue weighted by Gasteiger charge is -2.31. The number of hydrogen-bond donors (Lipinski definition) is 3. The van der Waals surface area contributed by atoms with Crippen LogP contribution in [0.25, 0.3) is 0 Å². The first kappa shape index (κ1) is 26.7. The standard InChI is InChI=1S/C30H35N3O3/c1-18(2)23-24(19(3)4)26(32-29(35)21-13-9-7-10-14-21)28(31-17-34)27(25(23)20(5)6)33-30(36)22-15-11-8-12-16-22/h7-20H,1-6H3,(H,31,34)(H,32,35)(H,33,36). The Hall–Kier alpha value is -3.93. The van der Waals surface area contributed by atoms with Crippen molar-refractivity contribution in [1.29, 1.82) is 0 Å². The van der Waals surface area contributed by atoms with Crippen LogP contribution in [0.15, 0.2) is 60.7 Å². The molecular weight excluding hydrogens is 450 g/mol. The van der Waals surface area contributed by atoms with Crippen LogP contribution in [0.4, 0.5) is 17.1 Å². The Morgan fingerprint density at radius 1 is 0.583 bits per heavy atom. The zero-order chi connectivity index (χ0) is 26.4. The lowest BCUT2D eigenvalue weighted by Crippen LogP contribution is -2.22. The topological polar surface area (TPSA) is 87.3 Å². The second-order valence-electron chi connectivity index (χ2n) is 9.73. The maximum atomic E-state index is 13.3. The fourth-order valence-corrected chi connectivity index (χ4v) is 4.64. The van der Waals surface area contributed by atoms with E-state index >= 15 is 0 Å². The molecule has 36 heavy (non-hydrogen) atoms. The molecule has 188 valence electrons. The minimum atomic E-state index is -0.293. The first-order valence-corrected chi connectivity index (χ1v) is 12.3. The summed E-state index contributed by atoms with van der Waals surface area (Å²) in [5.41, 5.74) is 5.33. The molecule has 6 heteroatoms. The number of rotatable bonds is 9. The molecule has 0 atom stereocenters. The maximum Gasteiger partial charge on any atom is 0.255 e. The first-order chi connectivity index (χ1) is 17.2. The van der Waals surface area contributed by atoms with Gasteiger partial charge in [0.1, 0.15) is 0 Å². The van der Waals surface area contributed by atoms with Crippen molar-refractivity contribution in [2.24, 2.45) is 0 Å². The molecule has 3 amide bonds. The van der Waals surface area contributed by atoms with Crippen molar-refractivity contribution >= 4 is 35.3 Å². The molecule has 0 fully saturated rings. The van der Waals surface area contributed by atoms with Gasteiger partial charge in [-0.3, -0.25) is 14.4 Å². The zero-order valence-corrected chi connectivity index (χ0v) is 21.8. The van der Waals surface area contributed by atoms with Gasteiger partial charge in [-0.15, -0.1) is 0 Å². The highest BCUT2D eigenvalue weighted by molar-refractivity contribution is 6.13. The van der Waals surface area contributed by atoms with Crippen molar-refractivity contribution in [3.63, 3.8) is 0 Å². The third-order valence-electron chi connectivity index (χ3n) is 6.10. The van der Waals surface area contributed by atoms with E-state index in [1.807, 2.05) is 12.1 Å². The van der Waals surface area contributed by atoms with Crippen LogP contribution in [0.5, 0.6) is 0 Å². The fraction of sp³-hybridized carbons (Fsp3) is 0.300. The second-order valence-corrected chi connectivity index (χ2v) is 9.73. The molecule has 0 aliphatic heterocycles. The second kappa shape index (κ2) is 11.7. The minimum absolute atomic E-state index is 0.0389. The molecule has 0 heterocycles. The zero-order valence-electron chi connectivity index (χ0n) is 21.8. The number of carbonyl (C=O) groups is 3. The van der Waals surface area contributed by atoms with Crippen LogP contribution in [0.1, 0.15) is 96.7 Å². The normalized spacial score (nSPS) is 11.0. The molecule has 0 spiro atoms. The molecule has 0 unspecified atom stereocenters. The van der Waals surface area contributed by atoms with Gasteiger partial charge < -0.3 is 16.0 Å². The molecule has 3 aromatic rings. The van der Waals surface area contributed by atoms with Crippen LogP contribution in [-0.2, 0) is 4.79 Å². The lowest BCUT2D eigenvalue weighted by atomic mass is 9.80. The summed E-state index contributed by atoms with van der Waals surface area (Å²) in [5, 5.41) is 8.93. The van der Waals surface area contributed by atoms with Crippen LogP contribution in [0.3, 0.4) is 0 Å². The van der Waals surface area contributed by atoms with Gasteiger partial charge in [-0.1, -0.05) is 77.9 Å². The van der Waals surface area contributed by atoms with Gasteiger partial charge in [0.25, 0.3) is 11.8 Å². The van der Waals surface area contributed by atoms with Gasteiger partial charge in [-0.25, -0.2) is 0 Å². The van der Waals surface area contributed by atoms with Crippen molar-refractivity contribution in [3.05, 3.63) is 88.5 Å². The minimum Gasteiger partial charge on any atom is -0.325 e. The van der Waals surface area contributed by atoms with Gasteiger partial charge in [0.2, 0.25) is 6.41 Å². The molecule has 0 aliphatic rings. The molecule has 0 aliphatic carbocycles. The summed E-state index contributed by atoms with van der Waals surface area (Å²) in [4.78, 5) is 38.4. The predicted octanol–water partition coefficient (Wildman–Crippen LogP) is 7.13. The number of carbonyl (C=O) groups excluding carboxylic acids is 3. The summed E-state index contributed by atoms with van der Waals surface area (Å²) in [6.07, 6.45) is 0.578. The highest BCUT2D eigenvalue weighted by Gasteiger charge is 2.30. The van der Waals surface area contributed by atoms with E-state index in [0.717, 1.165) is 16.7 Å². The van der Waals surface area contributed by atoms with E-state index in [9.17, 15) is 14.4 Å². The van der Waals surface area contributed by atoms with E-state index in [0.29, 0.717) is 34.6 Å². The third-order valence-corrected chi connectivity index (χ3v) is 6.10. The molecule has 6 nitrogen and oxygen atoms in total. The number of benzene rings is 3. The third kappa shape index (κ3) is 5.65. The summed E-state index contributed by atoms with van der Waals surface area (Å²) in [6.45, 7) is 12.5. The van der Waals surface area contributed by atoms with Crippen molar-refractivity contribution in [2.75, 3.05) is 16.0 Å². The van der Waals surface area contributed by atoms with Crippen molar-refractivity contribution < 1.29 is 14.4 Å². The van der Waals surface area contributed by atoms with Crippen molar-refractivity contribution in [2.45, 2.75) is 59.3 Å². The Bertz CT molecular complexity index is 1150. The number of hydrogen-bond acceptors (Lipinski definition) is 3. The Balaban J connectivity index is 2.34. The van der Waals surface area contributed by atoms with Crippen LogP contribution in [-0.4, -0.2) is 18.2 Å². The highest BCUT2D eigenvalue weighted by Crippen LogP contribution is 2.48. The molecule has 3 rings (SSSR count). The van der Waals surface area contributed by atoms with Crippen LogP contribution in [0.2, 0.25) is 0 Å². The van der Waals surface area contributed by atoms with E-state index in [1.54, 1.807) is 48.5 Å². The van der Waals surface area contributed by atoms with E-state index < -0.39 is 0 Å². The van der Waals surface area contributed by atoms with Crippen molar-refractivity contribution in [1.82, 2.24) is 0 Å². The molecule has 0 aromatic heterocycles. The maximum absolute atomic E-state index is 13.3. The number of amides is 3. The molecular formula is C30H35N3O3. The largest absolute Gasteiger partial charge is 0.325 e. The summed E-state index contributed by atoms with van der Waals surface area (Å²) in [5.74, 6) is -0.406. The summed E-state index contributed by atoms with van der Waals surface area (Å²) >= 11 is 0. The Morgan fingerprint density at radius 2 is 0.944 bits per heavy atom. The van der Waals surface area contributed by atoms with Gasteiger partial charge >= 0.3 is 0 Å². The van der Waals surface area contributed by atoms with Gasteiger partial charge in [-0.2, -0.15) is 0 Å². The van der Waals surface area contributed by atoms with Gasteiger partial charge in [0.05, 0.1) is 17.1 Å². The SMILES string of the molecule is CC(C)c1c(NC(=O)c2ccccc2)c(NC=O)c(NC(=O)c2ccccc2)c(C(C)C)c1C(C)C. The summed E-state index contributed by atoms with van der Waals surface area (Å²) < 4.78 is 0. The summed E-state index contributed by atoms with van der Waals surface area (Å²) in [6, 6.07) is 17.9. The van der Waals surface area contributed by atoms with E-state index in [4.69, 9.17) is 0 Å². The molecule has 3 N–H and O–H groups in total. The molecule has 3 aromatic carbocycles. The number of nitrogens with one attached hydrogen (secondary N) is 3. The van der Waals surface area contributed by atoms with E-state index in [2.05, 4.69) is 57.5 Å². The number of anilines is 3. The van der Waals surface area contributed by atoms with Crippen LogP contribution < -0.4 is 16.0 Å².